The molecule has 1 aliphatic rings. The number of benzene rings is 1. The van der Waals surface area contributed by atoms with E-state index in [4.69, 9.17) is 9.47 Å². The molecule has 2 rings (SSSR count). The van der Waals surface area contributed by atoms with E-state index in [1.807, 2.05) is 31.2 Å². The van der Waals surface area contributed by atoms with E-state index in [1.165, 1.54) is 0 Å². The van der Waals surface area contributed by atoms with Crippen LogP contribution in [0.25, 0.3) is 0 Å². The summed E-state index contributed by atoms with van der Waals surface area (Å²) in [6.07, 6.45) is 0.00526. The van der Waals surface area contributed by atoms with Crippen molar-refractivity contribution in [3.8, 4) is 5.75 Å². The van der Waals surface area contributed by atoms with Crippen LogP contribution in [0.2, 0.25) is 0 Å². The van der Waals surface area contributed by atoms with Gasteiger partial charge < -0.3 is 9.47 Å². The van der Waals surface area contributed by atoms with Gasteiger partial charge in [0, 0.05) is 5.54 Å². The van der Waals surface area contributed by atoms with Gasteiger partial charge in [0.15, 0.2) is 0 Å². The molecule has 0 amide bonds. The summed E-state index contributed by atoms with van der Waals surface area (Å²) in [5.41, 5.74) is 1.21. The summed E-state index contributed by atoms with van der Waals surface area (Å²) in [6, 6.07) is 8.05. The van der Waals surface area contributed by atoms with Gasteiger partial charge in [-0.1, -0.05) is 12.1 Å². The fourth-order valence-corrected chi connectivity index (χ4v) is 1.81. The Hall–Kier alpha value is -1.06. The third-order valence-electron chi connectivity index (χ3n) is 2.63. The van der Waals surface area contributed by atoms with Crippen molar-refractivity contribution in [1.29, 1.82) is 0 Å². The van der Waals surface area contributed by atoms with Crippen LogP contribution < -0.4 is 10.1 Å². The summed E-state index contributed by atoms with van der Waals surface area (Å²) in [5.74, 6) is 0.906. The van der Waals surface area contributed by atoms with Crippen molar-refractivity contribution in [2.75, 3.05) is 13.2 Å². The first-order valence-electron chi connectivity index (χ1n) is 5.73. The van der Waals surface area contributed by atoms with E-state index in [0.717, 1.165) is 17.9 Å². The van der Waals surface area contributed by atoms with E-state index in [2.05, 4.69) is 19.2 Å². The molecule has 1 unspecified atom stereocenters. The summed E-state index contributed by atoms with van der Waals surface area (Å²) in [6.45, 7) is 7.70. The fraction of sp³-hybridized carbons (Fsp3) is 0.538. The predicted octanol–water partition coefficient (Wildman–Crippen LogP) is 2.48. The van der Waals surface area contributed by atoms with Crippen molar-refractivity contribution in [3.05, 3.63) is 29.8 Å². The lowest BCUT2D eigenvalue weighted by molar-refractivity contribution is 0.0988. The smallest absolute Gasteiger partial charge is 0.134 e. The Labute approximate surface area is 96.8 Å². The van der Waals surface area contributed by atoms with E-state index in [1.54, 1.807) is 0 Å². The monoisotopic (exact) mass is 221 g/mol. The highest BCUT2D eigenvalue weighted by Gasteiger charge is 2.31. The summed E-state index contributed by atoms with van der Waals surface area (Å²) in [5, 5.41) is 3.43. The van der Waals surface area contributed by atoms with Gasteiger partial charge in [0.05, 0.1) is 13.2 Å². The molecule has 1 aliphatic heterocycles. The summed E-state index contributed by atoms with van der Waals surface area (Å²) in [7, 11) is 0. The first-order chi connectivity index (χ1) is 7.61. The lowest BCUT2D eigenvalue weighted by Gasteiger charge is -2.17. The number of ether oxygens (including phenoxy) is 2. The van der Waals surface area contributed by atoms with Crippen LogP contribution in [0.5, 0.6) is 5.75 Å². The molecular formula is C13H19NO2. The lowest BCUT2D eigenvalue weighted by atomic mass is 10.1. The maximum absolute atomic E-state index is 5.70. The van der Waals surface area contributed by atoms with Gasteiger partial charge in [-0.2, -0.15) is 0 Å². The van der Waals surface area contributed by atoms with Crippen molar-refractivity contribution in [2.24, 2.45) is 0 Å². The van der Waals surface area contributed by atoms with Gasteiger partial charge in [-0.25, -0.2) is 0 Å². The zero-order chi connectivity index (χ0) is 11.6. The van der Waals surface area contributed by atoms with E-state index in [-0.39, 0.29) is 11.8 Å². The minimum absolute atomic E-state index is 0.00526. The standard InChI is InChI=1S/C13H19NO2/c1-4-15-11-7-5-10(6-8-11)12-14-13(2,3)9-16-12/h5-8,12,14H,4,9H2,1-3H3. The number of rotatable bonds is 3. The molecule has 1 atom stereocenters. The van der Waals surface area contributed by atoms with Crippen molar-refractivity contribution in [2.45, 2.75) is 32.5 Å². The zero-order valence-corrected chi connectivity index (χ0v) is 10.1. The molecule has 16 heavy (non-hydrogen) atoms. The Morgan fingerprint density at radius 2 is 2.06 bits per heavy atom. The normalized spacial score (nSPS) is 23.3. The van der Waals surface area contributed by atoms with E-state index >= 15 is 0 Å². The molecule has 0 radical (unpaired) electrons. The summed E-state index contributed by atoms with van der Waals surface area (Å²) >= 11 is 0. The molecule has 0 spiro atoms. The number of hydrogen-bond acceptors (Lipinski definition) is 3. The van der Waals surface area contributed by atoms with E-state index in [9.17, 15) is 0 Å². The Balaban J connectivity index is 2.05. The Morgan fingerprint density at radius 3 is 2.56 bits per heavy atom. The average Bonchev–Trinajstić information content (AvgIpc) is 2.61. The van der Waals surface area contributed by atoms with Crippen LogP contribution in [0, 0.1) is 0 Å². The number of nitrogens with one attached hydrogen (secondary N) is 1. The van der Waals surface area contributed by atoms with Crippen molar-refractivity contribution < 1.29 is 9.47 Å². The molecular weight excluding hydrogens is 202 g/mol. The second-order valence-electron chi connectivity index (χ2n) is 4.72. The van der Waals surface area contributed by atoms with Crippen molar-refractivity contribution in [1.82, 2.24) is 5.32 Å². The molecule has 0 aromatic heterocycles. The maximum Gasteiger partial charge on any atom is 0.134 e. The molecule has 88 valence electrons. The highest BCUT2D eigenvalue weighted by atomic mass is 16.5. The molecule has 1 saturated heterocycles. The van der Waals surface area contributed by atoms with Crippen LogP contribution >= 0.6 is 0 Å². The maximum atomic E-state index is 5.70. The summed E-state index contributed by atoms with van der Waals surface area (Å²) < 4.78 is 11.1. The minimum atomic E-state index is 0.00526. The van der Waals surface area contributed by atoms with E-state index < -0.39 is 0 Å². The first-order valence-corrected chi connectivity index (χ1v) is 5.73. The van der Waals surface area contributed by atoms with Gasteiger partial charge in [-0.05, 0) is 38.5 Å². The molecule has 0 aliphatic carbocycles. The largest absolute Gasteiger partial charge is 0.494 e. The Kier molecular flexibility index (Phi) is 3.17. The quantitative estimate of drug-likeness (QED) is 0.850. The second-order valence-corrected chi connectivity index (χ2v) is 4.72. The topological polar surface area (TPSA) is 30.5 Å². The zero-order valence-electron chi connectivity index (χ0n) is 10.1. The molecule has 0 saturated carbocycles. The molecule has 1 aromatic carbocycles. The van der Waals surface area contributed by atoms with Crippen LogP contribution in [0.15, 0.2) is 24.3 Å². The molecule has 1 aromatic rings. The van der Waals surface area contributed by atoms with Crippen molar-refractivity contribution >= 4 is 0 Å². The second kappa shape index (κ2) is 4.44. The molecule has 3 heteroatoms. The Bertz CT molecular complexity index is 345. The van der Waals surface area contributed by atoms with Crippen LogP contribution in [0.4, 0.5) is 0 Å². The first kappa shape index (κ1) is 11.4. The lowest BCUT2D eigenvalue weighted by Crippen LogP contribution is -2.35. The van der Waals surface area contributed by atoms with Gasteiger partial charge >= 0.3 is 0 Å². The third-order valence-corrected chi connectivity index (χ3v) is 2.63. The van der Waals surface area contributed by atoms with Gasteiger partial charge in [-0.3, -0.25) is 5.32 Å². The van der Waals surface area contributed by atoms with Crippen molar-refractivity contribution in [3.63, 3.8) is 0 Å². The van der Waals surface area contributed by atoms with Crippen LogP contribution in [0.1, 0.15) is 32.6 Å². The molecule has 0 bridgehead atoms. The third kappa shape index (κ3) is 2.54. The van der Waals surface area contributed by atoms with Gasteiger partial charge in [0.2, 0.25) is 0 Å². The predicted molar refractivity (Wildman–Crippen MR) is 63.5 cm³/mol. The van der Waals surface area contributed by atoms with E-state index in [0.29, 0.717) is 6.61 Å². The van der Waals surface area contributed by atoms with Crippen LogP contribution in [0.3, 0.4) is 0 Å². The van der Waals surface area contributed by atoms with Crippen LogP contribution in [-0.4, -0.2) is 18.8 Å². The SMILES string of the molecule is CCOc1ccc(C2NC(C)(C)CO2)cc1. The summed E-state index contributed by atoms with van der Waals surface area (Å²) in [4.78, 5) is 0. The van der Waals surface area contributed by atoms with Crippen LogP contribution in [-0.2, 0) is 4.74 Å². The average molecular weight is 221 g/mol. The molecule has 1 heterocycles. The van der Waals surface area contributed by atoms with Gasteiger partial charge in [-0.15, -0.1) is 0 Å². The number of hydrogen-bond donors (Lipinski definition) is 1. The van der Waals surface area contributed by atoms with Gasteiger partial charge in [0.25, 0.3) is 0 Å². The highest BCUT2D eigenvalue weighted by Crippen LogP contribution is 2.26. The molecule has 1 fully saturated rings. The fourth-order valence-electron chi connectivity index (χ4n) is 1.81. The molecule has 1 N–H and O–H groups in total. The minimum Gasteiger partial charge on any atom is -0.494 e. The van der Waals surface area contributed by atoms with Gasteiger partial charge in [0.1, 0.15) is 12.0 Å². The highest BCUT2D eigenvalue weighted by molar-refractivity contribution is 5.29. The Morgan fingerprint density at radius 1 is 1.38 bits per heavy atom. The molecule has 3 nitrogen and oxygen atoms in total.